The Balaban J connectivity index is 2.70. The molecule has 0 aromatic carbocycles. The van der Waals surface area contributed by atoms with E-state index in [1.807, 2.05) is 20.8 Å². The van der Waals surface area contributed by atoms with E-state index in [0.29, 0.717) is 6.42 Å². The Morgan fingerprint density at radius 1 is 1.37 bits per heavy atom. The highest BCUT2D eigenvalue weighted by Crippen LogP contribution is 2.20. The first-order valence-electron chi connectivity index (χ1n) is 5.79. The quantitative estimate of drug-likeness (QED) is 0.862. The summed E-state index contributed by atoms with van der Waals surface area (Å²) in [5.74, 6) is -1.14. The first-order valence-corrected chi connectivity index (χ1v) is 7.44. The normalized spacial score (nSPS) is 12.2. The van der Waals surface area contributed by atoms with Gasteiger partial charge in [-0.1, -0.05) is 20.8 Å². The minimum absolute atomic E-state index is 0.0111. The van der Waals surface area contributed by atoms with E-state index in [9.17, 15) is 13.2 Å². The summed E-state index contributed by atoms with van der Waals surface area (Å²) in [6, 6.07) is 2.63. The number of carboxylic acids is 1. The zero-order chi connectivity index (χ0) is 14.7. The van der Waals surface area contributed by atoms with Crippen molar-refractivity contribution in [1.29, 1.82) is 0 Å². The maximum atomic E-state index is 11.8. The molecule has 7 heteroatoms. The molecular formula is C12H18N2O4S. The molecule has 0 unspecified atom stereocenters. The zero-order valence-corrected chi connectivity index (χ0v) is 12.0. The molecule has 1 rings (SSSR count). The van der Waals surface area contributed by atoms with Gasteiger partial charge >= 0.3 is 5.97 Å². The summed E-state index contributed by atoms with van der Waals surface area (Å²) in [5, 5.41) is 8.68. The Morgan fingerprint density at radius 3 is 2.42 bits per heavy atom. The number of aromatic nitrogens is 1. The first kappa shape index (κ1) is 15.4. The van der Waals surface area contributed by atoms with Gasteiger partial charge in [-0.3, -0.25) is 4.72 Å². The van der Waals surface area contributed by atoms with Gasteiger partial charge in [-0.15, -0.1) is 0 Å². The van der Waals surface area contributed by atoms with Crippen LogP contribution in [0, 0.1) is 5.41 Å². The van der Waals surface area contributed by atoms with Crippen molar-refractivity contribution in [3.05, 3.63) is 24.0 Å². The summed E-state index contributed by atoms with van der Waals surface area (Å²) in [4.78, 5) is 14.3. The number of nitrogens with zero attached hydrogens (tertiary/aromatic N) is 1. The number of pyridine rings is 1. The fraction of sp³-hybridized carbons (Fsp3) is 0.500. The van der Waals surface area contributed by atoms with Crippen molar-refractivity contribution in [2.45, 2.75) is 27.2 Å². The molecule has 1 heterocycles. The minimum Gasteiger partial charge on any atom is -0.477 e. The van der Waals surface area contributed by atoms with Crippen LogP contribution in [0.3, 0.4) is 0 Å². The molecule has 0 spiro atoms. The van der Waals surface area contributed by atoms with E-state index in [2.05, 4.69) is 9.71 Å². The SMILES string of the molecule is CC(C)(C)CCS(=O)(=O)Nc1ccc(C(=O)O)nc1. The van der Waals surface area contributed by atoms with Crippen LogP contribution in [0.15, 0.2) is 18.3 Å². The van der Waals surface area contributed by atoms with E-state index in [-0.39, 0.29) is 22.5 Å². The average Bonchev–Trinajstić information content (AvgIpc) is 2.26. The molecule has 0 saturated carbocycles. The van der Waals surface area contributed by atoms with Crippen LogP contribution in [-0.4, -0.2) is 30.2 Å². The smallest absolute Gasteiger partial charge is 0.354 e. The van der Waals surface area contributed by atoms with Crippen LogP contribution >= 0.6 is 0 Å². The lowest BCUT2D eigenvalue weighted by Gasteiger charge is -2.18. The molecule has 19 heavy (non-hydrogen) atoms. The summed E-state index contributed by atoms with van der Waals surface area (Å²) >= 11 is 0. The first-order chi connectivity index (χ1) is 8.59. The van der Waals surface area contributed by atoms with Crippen LogP contribution in [0.5, 0.6) is 0 Å². The van der Waals surface area contributed by atoms with Gasteiger partial charge in [0.25, 0.3) is 0 Å². The van der Waals surface area contributed by atoms with Gasteiger partial charge in [0.2, 0.25) is 10.0 Å². The van der Waals surface area contributed by atoms with Crippen LogP contribution in [0.4, 0.5) is 5.69 Å². The Morgan fingerprint density at radius 2 is 2.00 bits per heavy atom. The van der Waals surface area contributed by atoms with Gasteiger partial charge in [0.15, 0.2) is 0 Å². The highest BCUT2D eigenvalue weighted by Gasteiger charge is 2.17. The Bertz CT molecular complexity index is 544. The molecule has 0 aliphatic rings. The lowest BCUT2D eigenvalue weighted by molar-refractivity contribution is 0.0690. The topological polar surface area (TPSA) is 96.4 Å². The van der Waals surface area contributed by atoms with E-state index in [1.54, 1.807) is 0 Å². The van der Waals surface area contributed by atoms with Crippen LogP contribution in [0.1, 0.15) is 37.7 Å². The van der Waals surface area contributed by atoms with Crippen molar-refractivity contribution in [2.75, 3.05) is 10.5 Å². The maximum Gasteiger partial charge on any atom is 0.354 e. The van der Waals surface area contributed by atoms with Gasteiger partial charge in [-0.25, -0.2) is 18.2 Å². The Kier molecular flexibility index (Phi) is 4.52. The fourth-order valence-corrected chi connectivity index (χ4v) is 2.71. The molecule has 0 saturated heterocycles. The van der Waals surface area contributed by atoms with E-state index < -0.39 is 16.0 Å². The third-order valence-corrected chi connectivity index (χ3v) is 3.67. The summed E-state index contributed by atoms with van der Waals surface area (Å²) in [6.07, 6.45) is 1.72. The zero-order valence-electron chi connectivity index (χ0n) is 11.2. The number of carbonyl (C=O) groups is 1. The molecule has 1 aromatic rings. The van der Waals surface area contributed by atoms with Crippen LogP contribution in [0.25, 0.3) is 0 Å². The monoisotopic (exact) mass is 286 g/mol. The molecule has 0 aliphatic carbocycles. The second kappa shape index (κ2) is 5.56. The van der Waals surface area contributed by atoms with Gasteiger partial charge in [0.05, 0.1) is 17.6 Å². The molecule has 0 radical (unpaired) electrons. The molecule has 2 N–H and O–H groups in total. The van der Waals surface area contributed by atoms with Crippen LogP contribution in [0.2, 0.25) is 0 Å². The van der Waals surface area contributed by atoms with Gasteiger partial charge in [-0.2, -0.15) is 0 Å². The second-order valence-electron chi connectivity index (χ2n) is 5.47. The Labute approximate surface area is 112 Å². The van der Waals surface area contributed by atoms with E-state index in [0.717, 1.165) is 0 Å². The van der Waals surface area contributed by atoms with Gasteiger partial charge in [-0.05, 0) is 24.0 Å². The van der Waals surface area contributed by atoms with Gasteiger partial charge in [0, 0.05) is 0 Å². The third kappa shape index (κ3) is 5.69. The van der Waals surface area contributed by atoms with Gasteiger partial charge in [0.1, 0.15) is 5.69 Å². The number of hydrogen-bond donors (Lipinski definition) is 2. The molecular weight excluding hydrogens is 268 g/mol. The van der Waals surface area contributed by atoms with E-state index in [4.69, 9.17) is 5.11 Å². The Hall–Kier alpha value is -1.63. The summed E-state index contributed by atoms with van der Waals surface area (Å²) in [6.45, 7) is 5.89. The summed E-state index contributed by atoms with van der Waals surface area (Å²) in [5.41, 5.74) is 0.0664. The molecule has 0 aliphatic heterocycles. The van der Waals surface area contributed by atoms with Crippen LogP contribution < -0.4 is 4.72 Å². The second-order valence-corrected chi connectivity index (χ2v) is 7.31. The summed E-state index contributed by atoms with van der Waals surface area (Å²) in [7, 11) is -3.44. The molecule has 106 valence electrons. The lowest BCUT2D eigenvalue weighted by atomic mass is 9.94. The number of hydrogen-bond acceptors (Lipinski definition) is 4. The van der Waals surface area contributed by atoms with Crippen molar-refractivity contribution in [2.24, 2.45) is 5.41 Å². The largest absolute Gasteiger partial charge is 0.477 e. The lowest BCUT2D eigenvalue weighted by Crippen LogP contribution is -2.21. The molecule has 6 nitrogen and oxygen atoms in total. The van der Waals surface area contributed by atoms with Crippen molar-refractivity contribution in [1.82, 2.24) is 4.98 Å². The predicted octanol–water partition coefficient (Wildman–Crippen LogP) is 1.96. The molecule has 0 atom stereocenters. The maximum absolute atomic E-state index is 11.8. The van der Waals surface area contributed by atoms with Crippen LogP contribution in [-0.2, 0) is 10.0 Å². The van der Waals surface area contributed by atoms with Crippen molar-refractivity contribution in [3.8, 4) is 0 Å². The number of sulfonamides is 1. The average molecular weight is 286 g/mol. The summed E-state index contributed by atoms with van der Waals surface area (Å²) < 4.78 is 26.0. The van der Waals surface area contributed by atoms with Crippen molar-refractivity contribution >= 4 is 21.7 Å². The number of rotatable bonds is 5. The standard InChI is InChI=1S/C12H18N2O4S/c1-12(2,3)6-7-19(17,18)14-9-4-5-10(11(15)16)13-8-9/h4-5,8,14H,6-7H2,1-3H3,(H,15,16). The number of aromatic carboxylic acids is 1. The van der Waals surface area contributed by atoms with Crippen molar-refractivity contribution in [3.63, 3.8) is 0 Å². The molecule has 0 fully saturated rings. The highest BCUT2D eigenvalue weighted by atomic mass is 32.2. The number of anilines is 1. The highest BCUT2D eigenvalue weighted by molar-refractivity contribution is 7.92. The molecule has 0 bridgehead atoms. The number of carboxylic acid groups (broad SMARTS) is 1. The van der Waals surface area contributed by atoms with Crippen molar-refractivity contribution < 1.29 is 18.3 Å². The van der Waals surface area contributed by atoms with Gasteiger partial charge < -0.3 is 5.11 Å². The fourth-order valence-electron chi connectivity index (χ4n) is 1.25. The third-order valence-electron chi connectivity index (χ3n) is 2.38. The minimum atomic E-state index is -3.44. The molecule has 1 aromatic heterocycles. The van der Waals surface area contributed by atoms with E-state index in [1.165, 1.54) is 18.3 Å². The number of nitrogens with one attached hydrogen (secondary N) is 1. The van der Waals surface area contributed by atoms with E-state index >= 15 is 0 Å². The predicted molar refractivity (Wildman–Crippen MR) is 72.7 cm³/mol. The molecule has 0 amide bonds.